The number of ether oxygens (including phenoxy) is 2. The van der Waals surface area contributed by atoms with E-state index in [1.807, 2.05) is 0 Å². The molecule has 0 aromatic carbocycles. The Morgan fingerprint density at radius 2 is 2.33 bits per heavy atom. The van der Waals surface area contributed by atoms with Crippen LogP contribution in [0.15, 0.2) is 4.99 Å². The minimum absolute atomic E-state index is 0.0913. The normalized spacial score (nSPS) is 31.2. The average Bonchev–Trinajstić information content (AvgIpc) is 2.26. The highest BCUT2D eigenvalue weighted by Gasteiger charge is 2.46. The van der Waals surface area contributed by atoms with Crippen molar-refractivity contribution in [3.05, 3.63) is 0 Å². The highest BCUT2D eigenvalue weighted by molar-refractivity contribution is 6.00. The van der Waals surface area contributed by atoms with E-state index in [-0.39, 0.29) is 12.1 Å². The van der Waals surface area contributed by atoms with Crippen LogP contribution in [-0.2, 0) is 14.3 Å². The van der Waals surface area contributed by atoms with Crippen molar-refractivity contribution in [1.29, 1.82) is 0 Å². The van der Waals surface area contributed by atoms with Crippen LogP contribution in [0.1, 0.15) is 13.8 Å². The van der Waals surface area contributed by atoms with Crippen LogP contribution in [0.4, 0.5) is 0 Å². The van der Waals surface area contributed by atoms with Gasteiger partial charge in [-0.2, -0.15) is 4.99 Å². The Bertz CT molecular complexity index is 239. The van der Waals surface area contributed by atoms with Gasteiger partial charge < -0.3 is 15.2 Å². The van der Waals surface area contributed by atoms with Gasteiger partial charge >= 0.3 is 0 Å². The van der Waals surface area contributed by atoms with Gasteiger partial charge in [0.05, 0.1) is 0 Å². The van der Waals surface area contributed by atoms with E-state index in [0.717, 1.165) is 0 Å². The van der Waals surface area contributed by atoms with Crippen LogP contribution < -0.4 is 5.73 Å². The maximum Gasteiger partial charge on any atom is 0.296 e. The summed E-state index contributed by atoms with van der Waals surface area (Å²) < 4.78 is 10.0. The average molecular weight is 172 g/mol. The summed E-state index contributed by atoms with van der Waals surface area (Å²) >= 11 is 0. The molecule has 1 amide bonds. The molecular weight excluding hydrogens is 160 g/mol. The standard InChI is InChI=1S/C7H12N2O3/c1-4(11-3)7(2)5(10)9-6(8)12-7/h4H,1-3H3,(H2,8,9,10). The summed E-state index contributed by atoms with van der Waals surface area (Å²) in [4.78, 5) is 14.7. The predicted octanol–water partition coefficient (Wildman–Crippen LogP) is -0.348. The molecule has 0 spiro atoms. The maximum absolute atomic E-state index is 11.2. The minimum atomic E-state index is -1.06. The van der Waals surface area contributed by atoms with Crippen molar-refractivity contribution in [2.45, 2.75) is 25.6 Å². The molecule has 1 aliphatic heterocycles. The zero-order valence-corrected chi connectivity index (χ0v) is 7.33. The molecule has 0 aromatic rings. The topological polar surface area (TPSA) is 73.9 Å². The van der Waals surface area contributed by atoms with Crippen LogP contribution in [0.2, 0.25) is 0 Å². The van der Waals surface area contributed by atoms with E-state index in [1.54, 1.807) is 13.8 Å². The molecule has 0 saturated carbocycles. The van der Waals surface area contributed by atoms with Crippen molar-refractivity contribution >= 4 is 11.9 Å². The van der Waals surface area contributed by atoms with Crippen molar-refractivity contribution in [2.24, 2.45) is 10.7 Å². The number of amides is 1. The van der Waals surface area contributed by atoms with Gasteiger partial charge in [-0.3, -0.25) is 4.79 Å². The number of nitrogens with two attached hydrogens (primary N) is 1. The zero-order chi connectivity index (χ0) is 9.35. The Kier molecular flexibility index (Phi) is 2.06. The van der Waals surface area contributed by atoms with Gasteiger partial charge in [-0.15, -0.1) is 0 Å². The Morgan fingerprint density at radius 3 is 2.67 bits per heavy atom. The molecule has 0 fully saturated rings. The van der Waals surface area contributed by atoms with E-state index in [2.05, 4.69) is 4.99 Å². The van der Waals surface area contributed by atoms with E-state index in [9.17, 15) is 4.79 Å². The first kappa shape index (κ1) is 8.99. The molecule has 0 aliphatic carbocycles. The SMILES string of the molecule is COC(C)C1(C)OC(N)=NC1=O. The third-order valence-electron chi connectivity index (χ3n) is 2.08. The summed E-state index contributed by atoms with van der Waals surface area (Å²) in [5.74, 6) is -0.394. The second-order valence-electron chi connectivity index (χ2n) is 2.84. The van der Waals surface area contributed by atoms with Crippen LogP contribution in [0, 0.1) is 0 Å². The van der Waals surface area contributed by atoms with E-state index in [0.29, 0.717) is 0 Å². The monoisotopic (exact) mass is 172 g/mol. The van der Waals surface area contributed by atoms with Gasteiger partial charge in [0.1, 0.15) is 6.10 Å². The first-order valence-corrected chi connectivity index (χ1v) is 3.61. The van der Waals surface area contributed by atoms with Crippen molar-refractivity contribution in [1.82, 2.24) is 0 Å². The molecular formula is C7H12N2O3. The maximum atomic E-state index is 11.2. The summed E-state index contributed by atoms with van der Waals surface area (Å²) in [5.41, 5.74) is 4.19. The molecule has 1 rings (SSSR count). The van der Waals surface area contributed by atoms with Gasteiger partial charge in [0.2, 0.25) is 5.60 Å². The molecule has 0 bridgehead atoms. The third-order valence-corrected chi connectivity index (χ3v) is 2.08. The summed E-state index contributed by atoms with van der Waals surface area (Å²) in [7, 11) is 1.50. The largest absolute Gasteiger partial charge is 0.446 e. The number of aliphatic imine (C=N–C) groups is 1. The van der Waals surface area contributed by atoms with Crippen LogP contribution in [0.5, 0.6) is 0 Å². The first-order chi connectivity index (χ1) is 5.50. The lowest BCUT2D eigenvalue weighted by atomic mass is 10.0. The van der Waals surface area contributed by atoms with Crippen molar-refractivity contribution in [3.8, 4) is 0 Å². The van der Waals surface area contributed by atoms with Gasteiger partial charge in [-0.1, -0.05) is 0 Å². The molecule has 5 heteroatoms. The summed E-state index contributed by atoms with van der Waals surface area (Å²) in [6.07, 6.45) is -0.366. The van der Waals surface area contributed by atoms with Gasteiger partial charge in [0, 0.05) is 7.11 Å². The molecule has 68 valence electrons. The number of hydrogen-bond acceptors (Lipinski definition) is 4. The number of nitrogens with zero attached hydrogens (tertiary/aromatic N) is 1. The Balaban J connectivity index is 2.83. The first-order valence-electron chi connectivity index (χ1n) is 3.61. The third kappa shape index (κ3) is 1.16. The molecule has 0 radical (unpaired) electrons. The van der Waals surface area contributed by atoms with Crippen LogP contribution in [-0.4, -0.2) is 30.7 Å². The molecule has 1 aliphatic rings. The molecule has 0 aromatic heterocycles. The Labute approximate surface area is 70.5 Å². The van der Waals surface area contributed by atoms with Crippen molar-refractivity contribution in [2.75, 3.05) is 7.11 Å². The lowest BCUT2D eigenvalue weighted by Crippen LogP contribution is -2.45. The van der Waals surface area contributed by atoms with Crippen molar-refractivity contribution < 1.29 is 14.3 Å². The van der Waals surface area contributed by atoms with Gasteiger partial charge in [0.25, 0.3) is 11.9 Å². The van der Waals surface area contributed by atoms with Gasteiger partial charge in [-0.25, -0.2) is 0 Å². The number of carbonyl (C=O) groups excluding carboxylic acids is 1. The second-order valence-corrected chi connectivity index (χ2v) is 2.84. The van der Waals surface area contributed by atoms with Gasteiger partial charge in [-0.05, 0) is 13.8 Å². The second kappa shape index (κ2) is 2.75. The highest BCUT2D eigenvalue weighted by atomic mass is 16.6. The molecule has 2 N–H and O–H groups in total. The zero-order valence-electron chi connectivity index (χ0n) is 7.33. The number of rotatable bonds is 2. The van der Waals surface area contributed by atoms with Crippen LogP contribution in [0.3, 0.4) is 0 Å². The Hall–Kier alpha value is -1.10. The highest BCUT2D eigenvalue weighted by Crippen LogP contribution is 2.24. The van der Waals surface area contributed by atoms with Crippen LogP contribution in [0.25, 0.3) is 0 Å². The molecule has 12 heavy (non-hydrogen) atoms. The fraction of sp³-hybridized carbons (Fsp3) is 0.714. The fourth-order valence-corrected chi connectivity index (χ4v) is 0.977. The summed E-state index contributed by atoms with van der Waals surface area (Å²) in [6, 6.07) is -0.0913. The van der Waals surface area contributed by atoms with E-state index < -0.39 is 11.5 Å². The number of amidine groups is 1. The van der Waals surface area contributed by atoms with E-state index >= 15 is 0 Å². The molecule has 2 atom stereocenters. The lowest BCUT2D eigenvalue weighted by Gasteiger charge is -2.26. The lowest BCUT2D eigenvalue weighted by molar-refractivity contribution is -0.140. The van der Waals surface area contributed by atoms with E-state index in [1.165, 1.54) is 7.11 Å². The Morgan fingerprint density at radius 1 is 1.75 bits per heavy atom. The summed E-state index contributed by atoms with van der Waals surface area (Å²) in [6.45, 7) is 3.33. The molecule has 2 unspecified atom stereocenters. The number of hydrogen-bond donors (Lipinski definition) is 1. The number of methoxy groups -OCH3 is 1. The fourth-order valence-electron chi connectivity index (χ4n) is 0.977. The van der Waals surface area contributed by atoms with E-state index in [4.69, 9.17) is 15.2 Å². The molecule has 0 saturated heterocycles. The molecule has 5 nitrogen and oxygen atoms in total. The van der Waals surface area contributed by atoms with Crippen molar-refractivity contribution in [3.63, 3.8) is 0 Å². The summed E-state index contributed by atoms with van der Waals surface area (Å²) in [5, 5.41) is 0. The quantitative estimate of drug-likeness (QED) is 0.618. The number of carbonyl (C=O) groups is 1. The smallest absolute Gasteiger partial charge is 0.296 e. The van der Waals surface area contributed by atoms with Gasteiger partial charge in [0.15, 0.2) is 0 Å². The van der Waals surface area contributed by atoms with Crippen LogP contribution >= 0.6 is 0 Å². The predicted molar refractivity (Wildman–Crippen MR) is 42.6 cm³/mol. The minimum Gasteiger partial charge on any atom is -0.446 e. The molecule has 1 heterocycles.